The van der Waals surface area contributed by atoms with Crippen molar-refractivity contribution < 1.29 is 14.4 Å². The average Bonchev–Trinajstić information content (AvgIpc) is 3.24. The monoisotopic (exact) mass is 392 g/mol. The summed E-state index contributed by atoms with van der Waals surface area (Å²) in [5.41, 5.74) is 3.40. The molecule has 7 heteroatoms. The van der Waals surface area contributed by atoms with Crippen LogP contribution in [0.4, 0.5) is 5.69 Å². The molecule has 0 radical (unpaired) electrons. The van der Waals surface area contributed by atoms with E-state index in [-0.39, 0.29) is 30.6 Å². The number of hydrazone groups is 1. The molecule has 0 saturated heterocycles. The second-order valence-electron chi connectivity index (χ2n) is 6.77. The second-order valence-corrected chi connectivity index (χ2v) is 6.77. The van der Waals surface area contributed by atoms with Crippen LogP contribution >= 0.6 is 0 Å². The van der Waals surface area contributed by atoms with Gasteiger partial charge in [0.15, 0.2) is 0 Å². The molecule has 0 bridgehead atoms. The zero-order valence-electron chi connectivity index (χ0n) is 16.4. The molecule has 0 atom stereocenters. The van der Waals surface area contributed by atoms with Gasteiger partial charge in [-0.15, -0.1) is 0 Å². The molecule has 1 aliphatic heterocycles. The number of likely N-dealkylation sites (N-methyl/N-ethyl adjacent to an activating group) is 1. The maximum absolute atomic E-state index is 12.4. The second kappa shape index (κ2) is 9.64. The number of hydrogen-bond donors (Lipinski definition) is 2. The van der Waals surface area contributed by atoms with Crippen molar-refractivity contribution in [2.45, 2.75) is 25.7 Å². The van der Waals surface area contributed by atoms with Crippen LogP contribution < -0.4 is 10.6 Å². The van der Waals surface area contributed by atoms with Crippen molar-refractivity contribution in [2.75, 3.05) is 18.9 Å². The molecule has 3 rings (SSSR count). The van der Waals surface area contributed by atoms with Gasteiger partial charge in [-0.3, -0.25) is 14.4 Å². The molecule has 0 unspecified atom stereocenters. The molecule has 0 saturated carbocycles. The first-order chi connectivity index (χ1) is 14.0. The zero-order valence-corrected chi connectivity index (χ0v) is 16.4. The lowest BCUT2D eigenvalue weighted by atomic mass is 10.1. The lowest BCUT2D eigenvalue weighted by Crippen LogP contribution is -2.25. The van der Waals surface area contributed by atoms with E-state index < -0.39 is 0 Å². The van der Waals surface area contributed by atoms with Gasteiger partial charge in [-0.05, 0) is 23.3 Å². The fourth-order valence-corrected chi connectivity index (χ4v) is 3.02. The van der Waals surface area contributed by atoms with Crippen LogP contribution in [0.3, 0.4) is 0 Å². The number of nitrogens with zero attached hydrogens (tertiary/aromatic N) is 2. The van der Waals surface area contributed by atoms with E-state index in [0.29, 0.717) is 25.1 Å². The molecule has 0 aromatic heterocycles. The molecule has 2 N–H and O–H groups in total. The van der Waals surface area contributed by atoms with Gasteiger partial charge in [0.25, 0.3) is 0 Å². The normalized spacial score (nSPS) is 13.0. The SMILES string of the molecule is CNC(=O)Cc1ccc(NC(=O)CCC(=O)N2CCC(c3ccccc3)=N2)cc1. The molecular weight excluding hydrogens is 368 g/mol. The van der Waals surface area contributed by atoms with Gasteiger partial charge in [-0.25, -0.2) is 5.01 Å². The van der Waals surface area contributed by atoms with Gasteiger partial charge in [-0.2, -0.15) is 5.10 Å². The van der Waals surface area contributed by atoms with Crippen molar-refractivity contribution in [3.63, 3.8) is 0 Å². The summed E-state index contributed by atoms with van der Waals surface area (Å²) >= 11 is 0. The lowest BCUT2D eigenvalue weighted by Gasteiger charge is -2.11. The van der Waals surface area contributed by atoms with E-state index in [4.69, 9.17) is 0 Å². The predicted octanol–water partition coefficient (Wildman–Crippen LogP) is 2.33. The summed E-state index contributed by atoms with van der Waals surface area (Å²) in [5, 5.41) is 11.2. The van der Waals surface area contributed by atoms with E-state index in [1.807, 2.05) is 30.3 Å². The maximum Gasteiger partial charge on any atom is 0.243 e. The first kappa shape index (κ1) is 20.3. The van der Waals surface area contributed by atoms with E-state index in [9.17, 15) is 14.4 Å². The quantitative estimate of drug-likeness (QED) is 0.758. The number of nitrogens with one attached hydrogen (secondary N) is 2. The first-order valence-electron chi connectivity index (χ1n) is 9.58. The summed E-state index contributed by atoms with van der Waals surface area (Å²) in [7, 11) is 1.59. The van der Waals surface area contributed by atoms with E-state index in [2.05, 4.69) is 15.7 Å². The van der Waals surface area contributed by atoms with Crippen LogP contribution in [-0.4, -0.2) is 42.0 Å². The van der Waals surface area contributed by atoms with Crippen LogP contribution in [0, 0.1) is 0 Å². The van der Waals surface area contributed by atoms with Crippen LogP contribution in [0.5, 0.6) is 0 Å². The fraction of sp³-hybridized carbons (Fsp3) is 0.273. The zero-order chi connectivity index (χ0) is 20.6. The highest BCUT2D eigenvalue weighted by atomic mass is 16.2. The van der Waals surface area contributed by atoms with Crippen molar-refractivity contribution >= 4 is 29.1 Å². The number of benzene rings is 2. The molecule has 0 fully saturated rings. The molecule has 1 heterocycles. The van der Waals surface area contributed by atoms with Crippen molar-refractivity contribution in [3.8, 4) is 0 Å². The number of amides is 3. The molecular formula is C22H24N4O3. The molecule has 2 aromatic carbocycles. The van der Waals surface area contributed by atoms with E-state index in [1.54, 1.807) is 31.3 Å². The first-order valence-corrected chi connectivity index (χ1v) is 9.58. The maximum atomic E-state index is 12.4. The topological polar surface area (TPSA) is 90.9 Å². The van der Waals surface area contributed by atoms with Gasteiger partial charge < -0.3 is 10.6 Å². The highest BCUT2D eigenvalue weighted by Gasteiger charge is 2.21. The van der Waals surface area contributed by atoms with Gasteiger partial charge >= 0.3 is 0 Å². The number of anilines is 1. The van der Waals surface area contributed by atoms with Gasteiger partial charge in [0, 0.05) is 32.0 Å². The fourth-order valence-electron chi connectivity index (χ4n) is 3.02. The third-order valence-electron chi connectivity index (χ3n) is 4.64. The van der Waals surface area contributed by atoms with Gasteiger partial charge in [0.2, 0.25) is 17.7 Å². The number of carbonyl (C=O) groups excluding carboxylic acids is 3. The number of rotatable bonds is 7. The third kappa shape index (κ3) is 5.75. The Kier molecular flexibility index (Phi) is 6.73. The van der Waals surface area contributed by atoms with Crippen molar-refractivity contribution in [1.82, 2.24) is 10.3 Å². The minimum absolute atomic E-state index is 0.0692. The minimum Gasteiger partial charge on any atom is -0.359 e. The minimum atomic E-state index is -0.233. The smallest absolute Gasteiger partial charge is 0.243 e. The Hall–Kier alpha value is -3.48. The predicted molar refractivity (Wildman–Crippen MR) is 111 cm³/mol. The Morgan fingerprint density at radius 1 is 0.966 bits per heavy atom. The van der Waals surface area contributed by atoms with Crippen LogP contribution in [0.2, 0.25) is 0 Å². The molecule has 2 aromatic rings. The highest BCUT2D eigenvalue weighted by Crippen LogP contribution is 2.15. The van der Waals surface area contributed by atoms with Gasteiger partial charge in [0.1, 0.15) is 0 Å². The molecule has 7 nitrogen and oxygen atoms in total. The largest absolute Gasteiger partial charge is 0.359 e. The number of carbonyl (C=O) groups is 3. The Morgan fingerprint density at radius 2 is 1.69 bits per heavy atom. The van der Waals surface area contributed by atoms with Crippen molar-refractivity contribution in [2.24, 2.45) is 5.10 Å². The Labute approximate surface area is 169 Å². The Morgan fingerprint density at radius 3 is 2.38 bits per heavy atom. The van der Waals surface area contributed by atoms with Crippen molar-refractivity contribution in [3.05, 3.63) is 65.7 Å². The molecule has 29 heavy (non-hydrogen) atoms. The summed E-state index contributed by atoms with van der Waals surface area (Å²) in [6.07, 6.45) is 1.20. The summed E-state index contributed by atoms with van der Waals surface area (Å²) in [4.78, 5) is 35.9. The van der Waals surface area contributed by atoms with E-state index in [0.717, 1.165) is 16.8 Å². The molecule has 0 aliphatic carbocycles. The van der Waals surface area contributed by atoms with Gasteiger partial charge in [-0.1, -0.05) is 42.5 Å². The Balaban J connectivity index is 1.46. The summed E-state index contributed by atoms with van der Waals surface area (Å²) in [5.74, 6) is -0.462. The molecule has 0 spiro atoms. The summed E-state index contributed by atoms with van der Waals surface area (Å²) < 4.78 is 0. The van der Waals surface area contributed by atoms with Crippen LogP contribution in [-0.2, 0) is 20.8 Å². The van der Waals surface area contributed by atoms with Crippen LogP contribution in [0.15, 0.2) is 59.7 Å². The average molecular weight is 392 g/mol. The van der Waals surface area contributed by atoms with Crippen LogP contribution in [0.25, 0.3) is 0 Å². The number of hydrogen-bond acceptors (Lipinski definition) is 4. The molecule has 1 aliphatic rings. The van der Waals surface area contributed by atoms with Gasteiger partial charge in [0.05, 0.1) is 18.7 Å². The summed E-state index contributed by atoms with van der Waals surface area (Å²) in [6, 6.07) is 16.8. The standard InChI is InChI=1S/C22H24N4O3/c1-23-21(28)15-16-7-9-18(10-8-16)24-20(27)11-12-22(29)26-14-13-19(25-26)17-5-3-2-4-6-17/h2-10H,11-15H2,1H3,(H,23,28)(H,24,27). The molecule has 3 amide bonds. The third-order valence-corrected chi connectivity index (χ3v) is 4.64. The summed E-state index contributed by atoms with van der Waals surface area (Å²) in [6.45, 7) is 0.539. The van der Waals surface area contributed by atoms with Crippen LogP contribution in [0.1, 0.15) is 30.4 Å². The van der Waals surface area contributed by atoms with Crippen molar-refractivity contribution in [1.29, 1.82) is 0 Å². The van der Waals surface area contributed by atoms with E-state index >= 15 is 0 Å². The highest BCUT2D eigenvalue weighted by molar-refractivity contribution is 6.02. The Bertz CT molecular complexity index is 907. The van der Waals surface area contributed by atoms with E-state index in [1.165, 1.54) is 5.01 Å². The lowest BCUT2D eigenvalue weighted by molar-refractivity contribution is -0.132. The molecule has 150 valence electrons.